The molecule has 0 aliphatic heterocycles. The first-order chi connectivity index (χ1) is 5.93. The third-order valence-corrected chi connectivity index (χ3v) is 1.24. The number of rotatable bonds is 1. The Morgan fingerprint density at radius 2 is 2.23 bits per heavy atom. The molecule has 0 aliphatic carbocycles. The number of hydrazine groups is 1. The fourth-order valence-electron chi connectivity index (χ4n) is 0.622. The van der Waals surface area contributed by atoms with Crippen molar-refractivity contribution in [2.24, 2.45) is 5.84 Å². The molecule has 0 saturated carbocycles. The van der Waals surface area contributed by atoms with E-state index in [4.69, 9.17) is 0 Å². The van der Waals surface area contributed by atoms with E-state index in [1.807, 2.05) is 0 Å². The standard InChI is InChI=1S/C5H5F3N4O/c6-5(7,8)12(9)4(13)3-1-10-11-2-3/h1-2H,9H2,(H,10,11). The van der Waals surface area contributed by atoms with Gasteiger partial charge in [-0.1, -0.05) is 0 Å². The van der Waals surface area contributed by atoms with Crippen LogP contribution in [-0.4, -0.2) is 27.4 Å². The minimum Gasteiger partial charge on any atom is -0.285 e. The first-order valence-corrected chi connectivity index (χ1v) is 3.07. The number of carbonyl (C=O) groups is 1. The van der Waals surface area contributed by atoms with Crippen molar-refractivity contribution >= 4 is 5.91 Å². The third-order valence-electron chi connectivity index (χ3n) is 1.24. The number of nitrogens with zero attached hydrogens (tertiary/aromatic N) is 2. The molecule has 0 saturated heterocycles. The minimum atomic E-state index is -4.88. The van der Waals surface area contributed by atoms with E-state index in [0.717, 1.165) is 12.4 Å². The summed E-state index contributed by atoms with van der Waals surface area (Å²) in [5, 5.41) is 4.70. The molecule has 1 rings (SSSR count). The van der Waals surface area contributed by atoms with Gasteiger partial charge >= 0.3 is 6.30 Å². The van der Waals surface area contributed by atoms with Crippen LogP contribution in [0.15, 0.2) is 12.4 Å². The fourth-order valence-corrected chi connectivity index (χ4v) is 0.622. The van der Waals surface area contributed by atoms with Crippen LogP contribution in [0.2, 0.25) is 0 Å². The Hall–Kier alpha value is -1.57. The second-order valence-corrected chi connectivity index (χ2v) is 2.13. The summed E-state index contributed by atoms with van der Waals surface area (Å²) >= 11 is 0. The van der Waals surface area contributed by atoms with Gasteiger partial charge in [0.2, 0.25) is 0 Å². The second kappa shape index (κ2) is 3.05. The van der Waals surface area contributed by atoms with E-state index in [1.165, 1.54) is 0 Å². The number of H-pyrrole nitrogens is 1. The number of nitrogens with one attached hydrogen (secondary N) is 1. The molecule has 5 nitrogen and oxygen atoms in total. The van der Waals surface area contributed by atoms with Crippen LogP contribution in [0.5, 0.6) is 0 Å². The van der Waals surface area contributed by atoms with Crippen LogP contribution in [0.4, 0.5) is 13.2 Å². The summed E-state index contributed by atoms with van der Waals surface area (Å²) in [4.78, 5) is 10.9. The molecule has 0 radical (unpaired) electrons. The molecule has 0 bridgehead atoms. The normalized spacial score (nSPS) is 11.4. The van der Waals surface area contributed by atoms with Crippen molar-refractivity contribution in [2.75, 3.05) is 0 Å². The van der Waals surface area contributed by atoms with Crippen LogP contribution in [0, 0.1) is 0 Å². The summed E-state index contributed by atoms with van der Waals surface area (Å²) in [7, 11) is 0. The summed E-state index contributed by atoms with van der Waals surface area (Å²) in [6, 6.07) is 0. The fraction of sp³-hybridized carbons (Fsp3) is 0.200. The van der Waals surface area contributed by atoms with E-state index < -0.39 is 17.2 Å². The molecule has 3 N–H and O–H groups in total. The van der Waals surface area contributed by atoms with Crippen molar-refractivity contribution in [3.8, 4) is 0 Å². The van der Waals surface area contributed by atoms with Crippen LogP contribution >= 0.6 is 0 Å². The molecule has 1 amide bonds. The Bertz CT molecular complexity index is 293. The zero-order valence-corrected chi connectivity index (χ0v) is 6.17. The largest absolute Gasteiger partial charge is 0.501 e. The quantitative estimate of drug-likeness (QED) is 0.291. The molecule has 0 aliphatic rings. The summed E-state index contributed by atoms with van der Waals surface area (Å²) in [5.74, 6) is 3.14. The molecule has 0 atom stereocenters. The summed E-state index contributed by atoms with van der Waals surface area (Å²) in [6.07, 6.45) is -2.91. The maximum absolute atomic E-state index is 11.8. The predicted molar refractivity (Wildman–Crippen MR) is 35.0 cm³/mol. The average Bonchev–Trinajstić information content (AvgIpc) is 2.51. The predicted octanol–water partition coefficient (Wildman–Crippen LogP) is 0.245. The van der Waals surface area contributed by atoms with Gasteiger partial charge < -0.3 is 0 Å². The number of halogens is 3. The molecule has 0 unspecified atom stereocenters. The van der Waals surface area contributed by atoms with Crippen LogP contribution in [0.1, 0.15) is 10.4 Å². The molecular weight excluding hydrogens is 189 g/mol. The van der Waals surface area contributed by atoms with E-state index in [1.54, 1.807) is 0 Å². The molecule has 0 spiro atoms. The number of amides is 1. The van der Waals surface area contributed by atoms with E-state index in [-0.39, 0.29) is 5.56 Å². The topological polar surface area (TPSA) is 75.0 Å². The maximum Gasteiger partial charge on any atom is 0.501 e. The highest BCUT2D eigenvalue weighted by Crippen LogP contribution is 2.19. The smallest absolute Gasteiger partial charge is 0.285 e. The van der Waals surface area contributed by atoms with Gasteiger partial charge in [-0.25, -0.2) is 5.84 Å². The Morgan fingerprint density at radius 3 is 2.62 bits per heavy atom. The molecule has 8 heteroatoms. The van der Waals surface area contributed by atoms with Crippen LogP contribution in [0.25, 0.3) is 0 Å². The Kier molecular flexibility index (Phi) is 2.24. The lowest BCUT2D eigenvalue weighted by Gasteiger charge is -2.17. The lowest BCUT2D eigenvalue weighted by molar-refractivity contribution is -0.226. The van der Waals surface area contributed by atoms with Crippen LogP contribution < -0.4 is 5.84 Å². The Labute approximate surface area is 70.3 Å². The number of alkyl halides is 3. The number of nitrogens with two attached hydrogens (primary N) is 1. The lowest BCUT2D eigenvalue weighted by atomic mass is 10.3. The highest BCUT2D eigenvalue weighted by molar-refractivity contribution is 5.93. The van der Waals surface area contributed by atoms with Gasteiger partial charge in [-0.2, -0.15) is 10.1 Å². The van der Waals surface area contributed by atoms with Gasteiger partial charge in [0.05, 0.1) is 11.8 Å². The van der Waals surface area contributed by atoms with Crippen LogP contribution in [-0.2, 0) is 0 Å². The average molecular weight is 194 g/mol. The zero-order valence-electron chi connectivity index (χ0n) is 6.17. The van der Waals surface area contributed by atoms with Crippen molar-refractivity contribution in [3.05, 3.63) is 18.0 Å². The molecule has 72 valence electrons. The van der Waals surface area contributed by atoms with Crippen molar-refractivity contribution in [3.63, 3.8) is 0 Å². The van der Waals surface area contributed by atoms with Gasteiger partial charge in [0.15, 0.2) is 0 Å². The van der Waals surface area contributed by atoms with E-state index in [0.29, 0.717) is 0 Å². The Balaban J connectivity index is 2.81. The third kappa shape index (κ3) is 1.96. The number of aromatic amines is 1. The summed E-state index contributed by atoms with van der Waals surface area (Å²) in [6.45, 7) is 0. The number of hydrogen-bond donors (Lipinski definition) is 2. The number of aromatic nitrogens is 2. The first kappa shape index (κ1) is 9.52. The zero-order chi connectivity index (χ0) is 10.1. The van der Waals surface area contributed by atoms with Crippen LogP contribution in [0.3, 0.4) is 0 Å². The lowest BCUT2D eigenvalue weighted by Crippen LogP contribution is -2.47. The molecule has 1 heterocycles. The second-order valence-electron chi connectivity index (χ2n) is 2.13. The monoisotopic (exact) mass is 194 g/mol. The van der Waals surface area contributed by atoms with Gasteiger partial charge in [-0.05, 0) is 0 Å². The van der Waals surface area contributed by atoms with Gasteiger partial charge in [0.25, 0.3) is 5.91 Å². The van der Waals surface area contributed by atoms with Crippen molar-refractivity contribution < 1.29 is 18.0 Å². The van der Waals surface area contributed by atoms with Crippen molar-refractivity contribution in [1.82, 2.24) is 15.2 Å². The molecule has 13 heavy (non-hydrogen) atoms. The highest BCUT2D eigenvalue weighted by atomic mass is 19.4. The van der Waals surface area contributed by atoms with Gasteiger partial charge in [0.1, 0.15) is 0 Å². The molecule has 0 fully saturated rings. The van der Waals surface area contributed by atoms with E-state index in [2.05, 4.69) is 16.0 Å². The first-order valence-electron chi connectivity index (χ1n) is 3.07. The number of hydrogen-bond acceptors (Lipinski definition) is 3. The van der Waals surface area contributed by atoms with Crippen molar-refractivity contribution in [1.29, 1.82) is 0 Å². The van der Waals surface area contributed by atoms with E-state index in [9.17, 15) is 18.0 Å². The Morgan fingerprint density at radius 1 is 1.62 bits per heavy atom. The van der Waals surface area contributed by atoms with Gasteiger partial charge in [-0.15, -0.1) is 13.2 Å². The van der Waals surface area contributed by atoms with E-state index >= 15 is 0 Å². The summed E-state index contributed by atoms with van der Waals surface area (Å²) in [5.41, 5.74) is -0.250. The molecule has 0 aromatic carbocycles. The van der Waals surface area contributed by atoms with Crippen molar-refractivity contribution in [2.45, 2.75) is 6.30 Å². The molecular formula is C5H5F3N4O. The molecule has 1 aromatic rings. The minimum absolute atomic E-state index is 0.250. The summed E-state index contributed by atoms with van der Waals surface area (Å²) < 4.78 is 35.5. The maximum atomic E-state index is 11.8. The highest BCUT2D eigenvalue weighted by Gasteiger charge is 2.39. The molecule has 1 aromatic heterocycles. The van der Waals surface area contributed by atoms with Gasteiger partial charge in [-0.3, -0.25) is 9.89 Å². The SMILES string of the molecule is NN(C(=O)c1cn[nH]c1)C(F)(F)F. The van der Waals surface area contributed by atoms with Gasteiger partial charge in [0, 0.05) is 6.20 Å². The number of carbonyl (C=O) groups excluding carboxylic acids is 1.